The van der Waals surface area contributed by atoms with E-state index in [2.05, 4.69) is 5.16 Å². The molecule has 4 nitrogen and oxygen atoms in total. The van der Waals surface area contributed by atoms with Gasteiger partial charge in [-0.05, 0) is 24.6 Å². The number of hydrogen-bond donors (Lipinski definition) is 0. The van der Waals surface area contributed by atoms with Crippen molar-refractivity contribution in [2.75, 3.05) is 7.05 Å². The molecule has 0 saturated heterocycles. The molecule has 3 aromatic rings. The van der Waals surface area contributed by atoms with Gasteiger partial charge in [0.1, 0.15) is 22.8 Å². The van der Waals surface area contributed by atoms with Crippen LogP contribution in [0.4, 0.5) is 4.39 Å². The van der Waals surface area contributed by atoms with Crippen LogP contribution in [0.25, 0.3) is 11.3 Å². The predicted octanol–water partition coefficient (Wildman–Crippen LogP) is 4.06. The highest BCUT2D eigenvalue weighted by Crippen LogP contribution is 2.26. The summed E-state index contributed by atoms with van der Waals surface area (Å²) in [5.41, 5.74) is 2.66. The molecule has 1 amide bonds. The molecule has 0 aliphatic heterocycles. The lowest BCUT2D eigenvalue weighted by Crippen LogP contribution is -2.27. The van der Waals surface area contributed by atoms with Gasteiger partial charge in [0, 0.05) is 19.2 Å². The van der Waals surface area contributed by atoms with E-state index in [1.165, 1.54) is 12.1 Å². The summed E-state index contributed by atoms with van der Waals surface area (Å²) in [5, 5.41) is 4.04. The Morgan fingerprint density at radius 2 is 1.79 bits per heavy atom. The van der Waals surface area contributed by atoms with E-state index in [1.54, 1.807) is 31.0 Å². The van der Waals surface area contributed by atoms with Crippen LogP contribution in [-0.4, -0.2) is 23.0 Å². The average molecular weight is 324 g/mol. The molecule has 3 rings (SSSR count). The molecule has 24 heavy (non-hydrogen) atoms. The first-order valence-electron chi connectivity index (χ1n) is 7.58. The molecular formula is C19H17FN2O2. The van der Waals surface area contributed by atoms with Gasteiger partial charge in [0.05, 0.1) is 0 Å². The van der Waals surface area contributed by atoms with Gasteiger partial charge in [-0.3, -0.25) is 4.79 Å². The van der Waals surface area contributed by atoms with Gasteiger partial charge >= 0.3 is 0 Å². The largest absolute Gasteiger partial charge is 0.360 e. The summed E-state index contributed by atoms with van der Waals surface area (Å²) in [5.74, 6) is -0.00397. The predicted molar refractivity (Wildman–Crippen MR) is 88.9 cm³/mol. The second-order valence-electron chi connectivity index (χ2n) is 5.62. The summed E-state index contributed by atoms with van der Waals surface area (Å²) in [6.45, 7) is 2.09. The van der Waals surface area contributed by atoms with Crippen LogP contribution in [0, 0.1) is 12.7 Å². The van der Waals surface area contributed by atoms with Crippen molar-refractivity contribution in [1.29, 1.82) is 0 Å². The first kappa shape index (κ1) is 15.9. The first-order chi connectivity index (χ1) is 11.6. The van der Waals surface area contributed by atoms with Gasteiger partial charge in [-0.25, -0.2) is 4.39 Å². The standard InChI is InChI=1S/C19H17FN2O2/c1-13-17(18(21-24-13)15-6-4-3-5-7-15)19(23)22(2)12-14-8-10-16(20)11-9-14/h3-11H,12H2,1-2H3. The van der Waals surface area contributed by atoms with Crippen LogP contribution >= 0.6 is 0 Å². The Balaban J connectivity index is 1.87. The lowest BCUT2D eigenvalue weighted by atomic mass is 10.1. The number of aryl methyl sites for hydroxylation is 1. The Hall–Kier alpha value is -2.95. The number of hydrogen-bond acceptors (Lipinski definition) is 3. The lowest BCUT2D eigenvalue weighted by Gasteiger charge is -2.17. The Kier molecular flexibility index (Phi) is 4.42. The summed E-state index contributed by atoms with van der Waals surface area (Å²) in [4.78, 5) is 14.4. The molecule has 0 saturated carbocycles. The van der Waals surface area contributed by atoms with Crippen molar-refractivity contribution in [2.45, 2.75) is 13.5 Å². The fraction of sp³-hybridized carbons (Fsp3) is 0.158. The Bertz CT molecular complexity index is 842. The van der Waals surface area contributed by atoms with E-state index >= 15 is 0 Å². The molecule has 0 N–H and O–H groups in total. The van der Waals surface area contributed by atoms with Gasteiger partial charge < -0.3 is 9.42 Å². The molecule has 0 bridgehead atoms. The zero-order valence-corrected chi connectivity index (χ0v) is 13.5. The monoisotopic (exact) mass is 324 g/mol. The van der Waals surface area contributed by atoms with Crippen LogP contribution in [0.3, 0.4) is 0 Å². The minimum Gasteiger partial charge on any atom is -0.360 e. The molecule has 0 unspecified atom stereocenters. The van der Waals surface area contributed by atoms with E-state index in [0.29, 0.717) is 23.6 Å². The SMILES string of the molecule is Cc1onc(-c2ccccc2)c1C(=O)N(C)Cc1ccc(F)cc1. The zero-order valence-electron chi connectivity index (χ0n) is 13.5. The van der Waals surface area contributed by atoms with E-state index in [0.717, 1.165) is 11.1 Å². The van der Waals surface area contributed by atoms with Crippen molar-refractivity contribution >= 4 is 5.91 Å². The van der Waals surface area contributed by atoms with Gasteiger partial charge in [-0.15, -0.1) is 0 Å². The minimum atomic E-state index is -0.297. The number of rotatable bonds is 4. The summed E-state index contributed by atoms with van der Waals surface area (Å²) in [6, 6.07) is 15.5. The van der Waals surface area contributed by atoms with Crippen LogP contribution in [-0.2, 0) is 6.54 Å². The van der Waals surface area contributed by atoms with Crippen LogP contribution in [0.15, 0.2) is 59.1 Å². The van der Waals surface area contributed by atoms with Crippen LogP contribution in [0.5, 0.6) is 0 Å². The molecule has 1 aromatic heterocycles. The highest BCUT2D eigenvalue weighted by atomic mass is 19.1. The Labute approximate surface area is 139 Å². The summed E-state index contributed by atoms with van der Waals surface area (Å²) in [7, 11) is 1.70. The smallest absolute Gasteiger partial charge is 0.259 e. The van der Waals surface area contributed by atoms with Gasteiger partial charge in [-0.1, -0.05) is 47.6 Å². The van der Waals surface area contributed by atoms with Gasteiger partial charge in [0.2, 0.25) is 0 Å². The fourth-order valence-corrected chi connectivity index (χ4v) is 2.54. The maximum absolute atomic E-state index is 13.0. The summed E-state index contributed by atoms with van der Waals surface area (Å²) >= 11 is 0. The maximum Gasteiger partial charge on any atom is 0.259 e. The van der Waals surface area contributed by atoms with Crippen molar-refractivity contribution in [3.63, 3.8) is 0 Å². The van der Waals surface area contributed by atoms with Crippen molar-refractivity contribution < 1.29 is 13.7 Å². The molecule has 122 valence electrons. The number of amides is 1. The molecule has 5 heteroatoms. The number of aromatic nitrogens is 1. The average Bonchev–Trinajstić information content (AvgIpc) is 2.98. The topological polar surface area (TPSA) is 46.3 Å². The second kappa shape index (κ2) is 6.66. The normalized spacial score (nSPS) is 10.6. The number of carbonyl (C=O) groups excluding carboxylic acids is 1. The first-order valence-corrected chi connectivity index (χ1v) is 7.58. The third kappa shape index (κ3) is 3.20. The Morgan fingerprint density at radius 1 is 1.12 bits per heavy atom. The number of carbonyl (C=O) groups is 1. The van der Waals surface area contributed by atoms with Gasteiger partial charge in [-0.2, -0.15) is 0 Å². The van der Waals surface area contributed by atoms with Gasteiger partial charge in [0.15, 0.2) is 0 Å². The molecule has 0 radical (unpaired) electrons. The molecule has 0 aliphatic carbocycles. The maximum atomic E-state index is 13.0. The van der Waals surface area contributed by atoms with E-state index in [4.69, 9.17) is 4.52 Å². The summed E-state index contributed by atoms with van der Waals surface area (Å²) < 4.78 is 18.2. The van der Waals surface area contributed by atoms with E-state index in [9.17, 15) is 9.18 Å². The highest BCUT2D eigenvalue weighted by molar-refractivity contribution is 6.00. The molecule has 0 atom stereocenters. The van der Waals surface area contributed by atoms with Crippen molar-refractivity contribution in [1.82, 2.24) is 10.1 Å². The lowest BCUT2D eigenvalue weighted by molar-refractivity contribution is 0.0784. The van der Waals surface area contributed by atoms with Crippen molar-refractivity contribution in [3.05, 3.63) is 77.3 Å². The van der Waals surface area contributed by atoms with Crippen molar-refractivity contribution in [2.24, 2.45) is 0 Å². The molecule has 1 heterocycles. The number of nitrogens with zero attached hydrogens (tertiary/aromatic N) is 2. The second-order valence-corrected chi connectivity index (χ2v) is 5.62. The van der Waals surface area contributed by atoms with E-state index in [-0.39, 0.29) is 11.7 Å². The molecule has 0 aliphatic rings. The van der Waals surface area contributed by atoms with E-state index < -0.39 is 0 Å². The van der Waals surface area contributed by atoms with Crippen molar-refractivity contribution in [3.8, 4) is 11.3 Å². The van der Waals surface area contributed by atoms with E-state index in [1.807, 2.05) is 30.3 Å². The fourth-order valence-electron chi connectivity index (χ4n) is 2.54. The summed E-state index contributed by atoms with van der Waals surface area (Å²) in [6.07, 6.45) is 0. The zero-order chi connectivity index (χ0) is 17.1. The Morgan fingerprint density at radius 3 is 2.46 bits per heavy atom. The molecular weight excluding hydrogens is 307 g/mol. The highest BCUT2D eigenvalue weighted by Gasteiger charge is 2.24. The van der Waals surface area contributed by atoms with Gasteiger partial charge in [0.25, 0.3) is 5.91 Å². The number of benzene rings is 2. The van der Waals surface area contributed by atoms with Crippen LogP contribution in [0.2, 0.25) is 0 Å². The minimum absolute atomic E-state index is 0.183. The van der Waals surface area contributed by atoms with Crippen LogP contribution < -0.4 is 0 Å². The molecule has 0 fully saturated rings. The third-order valence-corrected chi connectivity index (χ3v) is 3.80. The van der Waals surface area contributed by atoms with Crippen LogP contribution in [0.1, 0.15) is 21.7 Å². The quantitative estimate of drug-likeness (QED) is 0.727. The third-order valence-electron chi connectivity index (χ3n) is 3.80. The number of halogens is 1. The molecule has 2 aromatic carbocycles. The molecule has 0 spiro atoms.